The van der Waals surface area contributed by atoms with Crippen molar-refractivity contribution in [1.82, 2.24) is 5.32 Å². The van der Waals surface area contributed by atoms with Gasteiger partial charge in [0.1, 0.15) is 12.4 Å². The highest BCUT2D eigenvalue weighted by molar-refractivity contribution is 7.93. The molecule has 8 heteroatoms. The minimum atomic E-state index is -3.58. The van der Waals surface area contributed by atoms with E-state index in [1.54, 1.807) is 24.3 Å². The average molecular weight is 445 g/mol. The Kier molecular flexibility index (Phi) is 5.83. The zero-order valence-electron chi connectivity index (χ0n) is 16.2. The van der Waals surface area contributed by atoms with Crippen molar-refractivity contribution in [2.24, 2.45) is 0 Å². The number of hydrogen-bond donors (Lipinski definition) is 1. The van der Waals surface area contributed by atoms with Crippen LogP contribution in [0.15, 0.2) is 65.6 Å². The number of sulfonamides is 1. The Morgan fingerprint density at radius 3 is 2.60 bits per heavy atom. The van der Waals surface area contributed by atoms with Gasteiger partial charge in [0, 0.05) is 18.4 Å². The van der Waals surface area contributed by atoms with Gasteiger partial charge in [-0.15, -0.1) is 0 Å². The maximum absolute atomic E-state index is 12.9. The van der Waals surface area contributed by atoms with Gasteiger partial charge in [0.2, 0.25) is 5.91 Å². The zero-order chi connectivity index (χ0) is 21.1. The third-order valence-corrected chi connectivity index (χ3v) is 7.13. The Morgan fingerprint density at radius 2 is 1.80 bits per heavy atom. The van der Waals surface area contributed by atoms with Crippen LogP contribution in [0.5, 0.6) is 5.75 Å². The van der Waals surface area contributed by atoms with Gasteiger partial charge in [-0.2, -0.15) is 0 Å². The second-order valence-electron chi connectivity index (χ2n) is 6.94. The summed E-state index contributed by atoms with van der Waals surface area (Å²) in [7, 11) is -3.58. The Hall–Kier alpha value is -2.77. The van der Waals surface area contributed by atoms with E-state index in [9.17, 15) is 13.2 Å². The molecule has 0 bridgehead atoms. The Morgan fingerprint density at radius 1 is 1.03 bits per heavy atom. The average Bonchev–Trinajstić information content (AvgIpc) is 2.96. The normalized spacial score (nSPS) is 14.1. The first-order valence-corrected chi connectivity index (χ1v) is 11.5. The molecule has 0 saturated carbocycles. The van der Waals surface area contributed by atoms with Gasteiger partial charge in [0.05, 0.1) is 22.2 Å². The van der Waals surface area contributed by atoms with Crippen molar-refractivity contribution in [3.63, 3.8) is 0 Å². The van der Waals surface area contributed by atoms with Crippen LogP contribution in [-0.2, 0) is 14.8 Å². The van der Waals surface area contributed by atoms with Gasteiger partial charge in [0.15, 0.2) is 0 Å². The van der Waals surface area contributed by atoms with Crippen LogP contribution in [0, 0.1) is 0 Å². The van der Waals surface area contributed by atoms with Gasteiger partial charge >= 0.3 is 0 Å². The summed E-state index contributed by atoms with van der Waals surface area (Å²) < 4.78 is 32.8. The molecule has 3 aromatic rings. The molecule has 1 amide bonds. The molecule has 0 atom stereocenters. The van der Waals surface area contributed by atoms with Crippen LogP contribution in [0.3, 0.4) is 0 Å². The number of carbonyl (C=O) groups excluding carboxylic acids is 1. The minimum Gasteiger partial charge on any atom is -0.490 e. The number of amides is 1. The number of rotatable bonds is 8. The van der Waals surface area contributed by atoms with Crippen LogP contribution in [0.1, 0.15) is 12.8 Å². The molecule has 0 aromatic heterocycles. The minimum absolute atomic E-state index is 0.148. The summed E-state index contributed by atoms with van der Waals surface area (Å²) in [4.78, 5) is 12.4. The monoisotopic (exact) mass is 444 g/mol. The molecule has 1 aliphatic rings. The van der Waals surface area contributed by atoms with E-state index in [0.29, 0.717) is 40.9 Å². The first kappa shape index (κ1) is 20.5. The predicted molar refractivity (Wildman–Crippen MR) is 118 cm³/mol. The first-order valence-electron chi connectivity index (χ1n) is 9.67. The summed E-state index contributed by atoms with van der Waals surface area (Å²) in [6, 6.07) is 18.0. The lowest BCUT2D eigenvalue weighted by atomic mass is 10.1. The highest BCUT2D eigenvalue weighted by atomic mass is 35.5. The molecule has 0 aliphatic carbocycles. The van der Waals surface area contributed by atoms with Crippen molar-refractivity contribution in [3.05, 3.63) is 65.7 Å². The maximum atomic E-state index is 12.9. The van der Waals surface area contributed by atoms with Gasteiger partial charge in [-0.3, -0.25) is 9.10 Å². The van der Waals surface area contributed by atoms with E-state index >= 15 is 0 Å². The topological polar surface area (TPSA) is 75.7 Å². The Balaban J connectivity index is 1.28. The number of halogens is 1. The Labute approximate surface area is 180 Å². The molecule has 156 valence electrons. The van der Waals surface area contributed by atoms with Gasteiger partial charge in [-0.05, 0) is 36.1 Å². The second-order valence-corrected chi connectivity index (χ2v) is 9.18. The molecule has 1 aliphatic heterocycles. The summed E-state index contributed by atoms with van der Waals surface area (Å²) in [5.74, 6) is 0.423. The summed E-state index contributed by atoms with van der Waals surface area (Å²) in [6.45, 7) is 0.893. The van der Waals surface area contributed by atoms with Gasteiger partial charge < -0.3 is 10.1 Å². The highest BCUT2D eigenvalue weighted by Gasteiger charge is 2.34. The number of para-hydroxylation sites is 1. The largest absolute Gasteiger partial charge is 0.490 e. The number of benzene rings is 3. The molecule has 0 unspecified atom stereocenters. The van der Waals surface area contributed by atoms with E-state index < -0.39 is 10.0 Å². The smallest absolute Gasteiger partial charge is 0.265 e. The molecular weight excluding hydrogens is 424 g/mol. The number of nitrogens with zero attached hydrogens (tertiary/aromatic N) is 1. The fraction of sp³-hybridized carbons (Fsp3) is 0.227. The van der Waals surface area contributed by atoms with Gasteiger partial charge in [0.25, 0.3) is 10.0 Å². The number of nitrogens with one attached hydrogen (secondary N) is 1. The number of hydrogen-bond acceptors (Lipinski definition) is 4. The molecule has 0 saturated heterocycles. The summed E-state index contributed by atoms with van der Waals surface area (Å²) in [5, 5.41) is 4.95. The summed E-state index contributed by atoms with van der Waals surface area (Å²) in [5.41, 5.74) is 0.677. The van der Waals surface area contributed by atoms with Crippen molar-refractivity contribution in [2.75, 3.05) is 24.0 Å². The van der Waals surface area contributed by atoms with E-state index in [1.165, 1.54) is 4.31 Å². The molecule has 0 radical (unpaired) electrons. The van der Waals surface area contributed by atoms with Crippen LogP contribution < -0.4 is 14.4 Å². The molecular formula is C22H21ClN2O4S. The van der Waals surface area contributed by atoms with Crippen molar-refractivity contribution in [1.29, 1.82) is 0 Å². The standard InChI is InChI=1S/C22H21ClN2O4S/c23-17-8-1-2-10-19(17)29-15-13-24-21(26)12-5-14-25-18-9-3-6-16-7-4-11-20(22(16)18)30(25,27)28/h1-4,6-11H,5,12-15H2,(H,24,26). The summed E-state index contributed by atoms with van der Waals surface area (Å²) >= 11 is 6.02. The third kappa shape index (κ3) is 3.95. The number of carbonyl (C=O) groups is 1. The SMILES string of the molecule is O=C(CCCN1c2cccc3cccc(c23)S1(=O)=O)NCCOc1ccccc1Cl. The fourth-order valence-corrected chi connectivity index (χ4v) is 5.52. The molecule has 0 spiro atoms. The number of anilines is 1. The molecule has 1 N–H and O–H groups in total. The van der Waals surface area contributed by atoms with Crippen LogP contribution in [0.25, 0.3) is 10.8 Å². The van der Waals surface area contributed by atoms with Gasteiger partial charge in [-0.25, -0.2) is 8.42 Å². The third-order valence-electron chi connectivity index (χ3n) is 4.96. The van der Waals surface area contributed by atoms with Crippen LogP contribution in [-0.4, -0.2) is 34.0 Å². The lowest BCUT2D eigenvalue weighted by Gasteiger charge is -2.18. The van der Waals surface area contributed by atoms with E-state index in [2.05, 4.69) is 5.32 Å². The van der Waals surface area contributed by atoms with Crippen LogP contribution in [0.2, 0.25) is 5.02 Å². The Bertz CT molecular complexity index is 1190. The molecule has 6 nitrogen and oxygen atoms in total. The van der Waals surface area contributed by atoms with Crippen molar-refractivity contribution < 1.29 is 17.9 Å². The fourth-order valence-electron chi connectivity index (χ4n) is 3.58. The maximum Gasteiger partial charge on any atom is 0.265 e. The first-order chi connectivity index (χ1) is 14.5. The lowest BCUT2D eigenvalue weighted by Crippen LogP contribution is -2.31. The van der Waals surface area contributed by atoms with E-state index in [4.69, 9.17) is 16.3 Å². The molecule has 30 heavy (non-hydrogen) atoms. The van der Waals surface area contributed by atoms with Crippen LogP contribution >= 0.6 is 11.6 Å². The lowest BCUT2D eigenvalue weighted by molar-refractivity contribution is -0.121. The second kappa shape index (κ2) is 8.53. The van der Waals surface area contributed by atoms with Crippen LogP contribution in [0.4, 0.5) is 5.69 Å². The van der Waals surface area contributed by atoms with Crippen molar-refractivity contribution in [3.8, 4) is 5.75 Å². The highest BCUT2D eigenvalue weighted by Crippen LogP contribution is 2.41. The molecule has 3 aromatic carbocycles. The van der Waals surface area contributed by atoms with Crippen molar-refractivity contribution in [2.45, 2.75) is 17.7 Å². The zero-order valence-corrected chi connectivity index (χ0v) is 17.7. The van der Waals surface area contributed by atoms with Gasteiger partial charge in [-0.1, -0.05) is 48.0 Å². The molecule has 0 fully saturated rings. The van der Waals surface area contributed by atoms with E-state index in [0.717, 1.165) is 10.8 Å². The van der Waals surface area contributed by atoms with E-state index in [1.807, 2.05) is 36.4 Å². The predicted octanol–water partition coefficient (Wildman–Crippen LogP) is 3.98. The van der Waals surface area contributed by atoms with E-state index in [-0.39, 0.29) is 18.9 Å². The quantitative estimate of drug-likeness (QED) is 0.533. The summed E-state index contributed by atoms with van der Waals surface area (Å²) in [6.07, 6.45) is 0.644. The number of ether oxygens (including phenoxy) is 1. The molecule has 1 heterocycles. The molecule has 4 rings (SSSR count). The van der Waals surface area contributed by atoms with Crippen molar-refractivity contribution >= 4 is 44.0 Å².